The molecule has 0 amide bonds. The summed E-state index contributed by atoms with van der Waals surface area (Å²) >= 11 is 0. The van der Waals surface area contributed by atoms with E-state index in [9.17, 15) is 15.2 Å². The number of rotatable bonds is 3. The maximum Gasteiger partial charge on any atom is 0.332 e. The minimum absolute atomic E-state index is 0.301. The maximum atomic E-state index is 13.3. The van der Waals surface area contributed by atoms with Crippen molar-refractivity contribution in [2.75, 3.05) is 6.61 Å². The number of para-hydroxylation sites is 1. The zero-order valence-electron chi connectivity index (χ0n) is 17.3. The van der Waals surface area contributed by atoms with Crippen LogP contribution in [0.25, 0.3) is 28.1 Å². The Morgan fingerprint density at radius 2 is 2.06 bits per heavy atom. The van der Waals surface area contributed by atoms with Crippen LogP contribution in [0.2, 0.25) is 0 Å². The molecule has 0 unspecified atom stereocenters. The number of imidazole rings is 2. The fourth-order valence-corrected chi connectivity index (χ4v) is 4.41. The summed E-state index contributed by atoms with van der Waals surface area (Å²) in [6.45, 7) is -0.0314. The second-order valence-electron chi connectivity index (χ2n) is 7.72. The van der Waals surface area contributed by atoms with E-state index in [4.69, 9.17) is 9.72 Å². The molecule has 10 heteroatoms. The van der Waals surface area contributed by atoms with E-state index in [1.807, 2.05) is 24.3 Å². The maximum absolute atomic E-state index is 13.3. The van der Waals surface area contributed by atoms with Crippen LogP contribution in [-0.4, -0.2) is 40.4 Å². The molecule has 0 spiro atoms. The molecule has 0 fully saturated rings. The molecule has 1 aliphatic rings. The van der Waals surface area contributed by atoms with Crippen molar-refractivity contribution in [1.82, 2.24) is 28.7 Å². The summed E-state index contributed by atoms with van der Waals surface area (Å²) in [4.78, 5) is 26.8. The van der Waals surface area contributed by atoms with E-state index in [1.54, 1.807) is 33.7 Å². The van der Waals surface area contributed by atoms with Gasteiger partial charge in [0.15, 0.2) is 5.65 Å². The van der Waals surface area contributed by atoms with Gasteiger partial charge in [-0.2, -0.15) is 10.2 Å². The molecule has 5 aromatic rings. The van der Waals surface area contributed by atoms with Crippen LogP contribution in [0.3, 0.4) is 0 Å². The van der Waals surface area contributed by atoms with E-state index in [0.717, 1.165) is 11.3 Å². The summed E-state index contributed by atoms with van der Waals surface area (Å²) < 4.78 is 10.3. The number of fused-ring (bicyclic) bond motifs is 3. The van der Waals surface area contributed by atoms with Gasteiger partial charge in [0.25, 0.3) is 0 Å². The molecule has 3 aromatic heterocycles. The highest BCUT2D eigenvalue weighted by Crippen LogP contribution is 2.35. The Kier molecular flexibility index (Phi) is 4.24. The molecule has 0 aliphatic carbocycles. The average molecular weight is 439 g/mol. The minimum Gasteiger partial charge on any atom is -0.493 e. The molecule has 10 nitrogen and oxygen atoms in total. The molecule has 33 heavy (non-hydrogen) atoms. The van der Waals surface area contributed by atoms with E-state index in [-0.39, 0.29) is 11.7 Å². The summed E-state index contributed by atoms with van der Waals surface area (Å²) in [5.41, 5.74) is 3.21. The first-order valence-corrected chi connectivity index (χ1v) is 10.4. The Morgan fingerprint density at radius 3 is 2.91 bits per heavy atom. The number of nitrogens with zero attached hydrogens (tertiary/aromatic N) is 7. The van der Waals surface area contributed by atoms with Crippen molar-refractivity contribution >= 4 is 22.2 Å². The van der Waals surface area contributed by atoms with Gasteiger partial charge in [-0.3, -0.25) is 13.7 Å². The zero-order chi connectivity index (χ0) is 22.5. The SMILES string of the molecule is N#Cc1ccc2ncn(-c3ncc4c(n3)n([C@@H]3CCOc5ccccc53)c(=O)n4CO)c2c1. The minimum atomic E-state index is -0.491. The molecule has 2 aromatic carbocycles. The van der Waals surface area contributed by atoms with Crippen LogP contribution in [0.15, 0.2) is 59.8 Å². The van der Waals surface area contributed by atoms with Crippen LogP contribution < -0.4 is 10.4 Å². The van der Waals surface area contributed by atoms with Crippen molar-refractivity contribution in [3.05, 3.63) is 76.6 Å². The van der Waals surface area contributed by atoms with Crippen molar-refractivity contribution < 1.29 is 9.84 Å². The van der Waals surface area contributed by atoms with Crippen LogP contribution in [-0.2, 0) is 6.73 Å². The Morgan fingerprint density at radius 1 is 1.18 bits per heavy atom. The van der Waals surface area contributed by atoms with Gasteiger partial charge in [0, 0.05) is 12.0 Å². The van der Waals surface area contributed by atoms with Crippen LogP contribution >= 0.6 is 0 Å². The van der Waals surface area contributed by atoms with Gasteiger partial charge < -0.3 is 9.84 Å². The number of nitriles is 1. The lowest BCUT2D eigenvalue weighted by Gasteiger charge is -2.26. The predicted molar refractivity (Wildman–Crippen MR) is 118 cm³/mol. The first-order valence-electron chi connectivity index (χ1n) is 10.4. The van der Waals surface area contributed by atoms with E-state index in [1.165, 1.54) is 10.8 Å². The Bertz CT molecular complexity index is 1640. The molecule has 0 radical (unpaired) electrons. The third-order valence-electron chi connectivity index (χ3n) is 5.97. The summed E-state index contributed by atoms with van der Waals surface area (Å²) in [6.07, 6.45) is 3.69. The highest BCUT2D eigenvalue weighted by molar-refractivity contribution is 5.79. The van der Waals surface area contributed by atoms with Gasteiger partial charge >= 0.3 is 5.69 Å². The molecule has 4 heterocycles. The smallest absolute Gasteiger partial charge is 0.332 e. The standard InChI is InChI=1S/C23H17N7O3/c24-10-14-5-6-16-18(9-14)28(12-26-16)22-25-11-19-21(27-22)30(23(32)29(19)13-31)17-7-8-33-20-4-2-1-3-15(17)20/h1-6,9,11-12,17,31H,7-8,13H2/t17-/m1/s1. The fourth-order valence-electron chi connectivity index (χ4n) is 4.41. The van der Waals surface area contributed by atoms with Crippen molar-refractivity contribution in [1.29, 1.82) is 5.26 Å². The Hall–Kier alpha value is -4.49. The summed E-state index contributed by atoms with van der Waals surface area (Å²) in [5.74, 6) is 1.04. The number of aliphatic hydroxyl groups is 1. The van der Waals surface area contributed by atoms with Crippen molar-refractivity contribution in [3.8, 4) is 17.8 Å². The van der Waals surface area contributed by atoms with Crippen molar-refractivity contribution in [3.63, 3.8) is 0 Å². The number of ether oxygens (including phenoxy) is 1. The van der Waals surface area contributed by atoms with Gasteiger partial charge in [-0.15, -0.1) is 0 Å². The lowest BCUT2D eigenvalue weighted by atomic mass is 10.0. The summed E-state index contributed by atoms with van der Waals surface area (Å²) in [6, 6.07) is 14.6. The lowest BCUT2D eigenvalue weighted by Crippen LogP contribution is -2.31. The third-order valence-corrected chi connectivity index (χ3v) is 5.97. The van der Waals surface area contributed by atoms with Gasteiger partial charge in [-0.05, 0) is 24.3 Å². The lowest BCUT2D eigenvalue weighted by molar-refractivity contribution is 0.207. The molecule has 0 saturated carbocycles. The second kappa shape index (κ2) is 7.29. The molecule has 0 bridgehead atoms. The second-order valence-corrected chi connectivity index (χ2v) is 7.72. The quantitative estimate of drug-likeness (QED) is 0.457. The molecular weight excluding hydrogens is 422 g/mol. The molecule has 1 aliphatic heterocycles. The fraction of sp³-hybridized carbons (Fsp3) is 0.174. The van der Waals surface area contributed by atoms with Gasteiger partial charge in [0.05, 0.1) is 41.5 Å². The van der Waals surface area contributed by atoms with Crippen LogP contribution in [0.1, 0.15) is 23.6 Å². The number of hydrogen-bond donors (Lipinski definition) is 1. The van der Waals surface area contributed by atoms with E-state index < -0.39 is 6.73 Å². The largest absolute Gasteiger partial charge is 0.493 e. The van der Waals surface area contributed by atoms with E-state index >= 15 is 0 Å². The molecule has 162 valence electrons. The van der Waals surface area contributed by atoms with Crippen molar-refractivity contribution in [2.24, 2.45) is 0 Å². The molecular formula is C23H17N7O3. The van der Waals surface area contributed by atoms with E-state index in [2.05, 4.69) is 16.0 Å². The number of hydrogen-bond acceptors (Lipinski definition) is 7. The molecule has 0 saturated heterocycles. The monoisotopic (exact) mass is 439 g/mol. The van der Waals surface area contributed by atoms with Gasteiger partial charge in [0.1, 0.15) is 24.3 Å². The van der Waals surface area contributed by atoms with E-state index in [0.29, 0.717) is 46.7 Å². The van der Waals surface area contributed by atoms with Crippen LogP contribution in [0, 0.1) is 11.3 Å². The first kappa shape index (κ1) is 19.2. The van der Waals surface area contributed by atoms with Gasteiger partial charge in [0.2, 0.25) is 5.95 Å². The highest BCUT2D eigenvalue weighted by Gasteiger charge is 2.28. The highest BCUT2D eigenvalue weighted by atomic mass is 16.5. The molecule has 1 N–H and O–H groups in total. The molecule has 1 atom stereocenters. The summed E-state index contributed by atoms with van der Waals surface area (Å²) in [7, 11) is 0. The Labute approximate surface area is 186 Å². The van der Waals surface area contributed by atoms with Crippen molar-refractivity contribution in [2.45, 2.75) is 19.2 Å². The normalized spacial score (nSPS) is 15.3. The van der Waals surface area contributed by atoms with Gasteiger partial charge in [-0.25, -0.2) is 14.8 Å². The Balaban J connectivity index is 1.60. The number of aromatic nitrogens is 6. The summed E-state index contributed by atoms with van der Waals surface area (Å²) in [5, 5.41) is 19.2. The van der Waals surface area contributed by atoms with Crippen LogP contribution in [0.4, 0.5) is 0 Å². The van der Waals surface area contributed by atoms with Gasteiger partial charge in [-0.1, -0.05) is 18.2 Å². The molecule has 6 rings (SSSR count). The first-order chi connectivity index (χ1) is 16.2. The third kappa shape index (κ3) is 2.83. The average Bonchev–Trinajstić information content (AvgIpc) is 3.40. The number of benzene rings is 2. The van der Waals surface area contributed by atoms with Crippen LogP contribution in [0.5, 0.6) is 5.75 Å². The zero-order valence-corrected chi connectivity index (χ0v) is 17.3. The predicted octanol–water partition coefficient (Wildman–Crippen LogP) is 2.13. The topological polar surface area (TPSA) is 124 Å². The number of aliphatic hydroxyl groups excluding tert-OH is 1.